The number of sulfonamides is 1. The smallest absolute Gasteiger partial charge is 0.421 e. The van der Waals surface area contributed by atoms with Crippen molar-refractivity contribution in [3.63, 3.8) is 0 Å². The molecule has 0 heterocycles. The molecular weight excluding hydrogens is 432 g/mol. The zero-order valence-corrected chi connectivity index (χ0v) is 19.7. The zero-order chi connectivity index (χ0) is 23.7. The minimum atomic E-state index is -4.22. The lowest BCUT2D eigenvalue weighted by atomic mass is 9.88. The topological polar surface area (TPSA) is 121 Å². The second-order valence-electron chi connectivity index (χ2n) is 9.76. The van der Waals surface area contributed by atoms with E-state index in [0.29, 0.717) is 10.7 Å². The molecule has 2 atom stereocenters. The summed E-state index contributed by atoms with van der Waals surface area (Å²) >= 11 is 0. The predicted molar refractivity (Wildman–Crippen MR) is 119 cm³/mol. The number of amides is 2. The second-order valence-corrected chi connectivity index (χ2v) is 11.5. The largest absolute Gasteiger partial charge is 0.464 e. The molecule has 2 aliphatic rings. The fourth-order valence-electron chi connectivity index (χ4n) is 4.48. The fourth-order valence-corrected chi connectivity index (χ4v) is 6.09. The summed E-state index contributed by atoms with van der Waals surface area (Å²) in [5.41, 5.74) is -0.294. The van der Waals surface area contributed by atoms with E-state index in [2.05, 4.69) is 5.32 Å². The molecule has 2 aliphatic carbocycles. The lowest BCUT2D eigenvalue weighted by Gasteiger charge is -2.31. The first-order chi connectivity index (χ1) is 14.9. The van der Waals surface area contributed by atoms with E-state index in [1.165, 1.54) is 32.9 Å². The van der Waals surface area contributed by atoms with Gasteiger partial charge in [-0.3, -0.25) is 9.59 Å². The van der Waals surface area contributed by atoms with Crippen molar-refractivity contribution in [2.75, 3.05) is 6.54 Å². The van der Waals surface area contributed by atoms with Gasteiger partial charge in [0.2, 0.25) is 5.91 Å². The van der Waals surface area contributed by atoms with Crippen LogP contribution in [0.1, 0.15) is 70.8 Å². The van der Waals surface area contributed by atoms with Crippen LogP contribution in [0.3, 0.4) is 0 Å². The molecule has 8 nitrogen and oxygen atoms in total. The number of carboxylic acid groups (broad SMARTS) is 1. The Morgan fingerprint density at radius 2 is 1.66 bits per heavy atom. The quantitative estimate of drug-likeness (QED) is 0.637. The number of nitrogens with zero attached hydrogens (tertiary/aromatic N) is 1. The Balaban J connectivity index is 1.59. The van der Waals surface area contributed by atoms with E-state index in [0.717, 1.165) is 37.7 Å². The number of carbonyl (C=O) groups excluding carboxylic acids is 2. The maximum Gasteiger partial charge on any atom is 0.421 e. The van der Waals surface area contributed by atoms with Gasteiger partial charge < -0.3 is 10.4 Å². The molecule has 9 heteroatoms. The van der Waals surface area contributed by atoms with Gasteiger partial charge in [-0.15, -0.1) is 0 Å². The monoisotopic (exact) mass is 464 g/mol. The summed E-state index contributed by atoms with van der Waals surface area (Å²) in [6.45, 7) is 4.57. The van der Waals surface area contributed by atoms with Gasteiger partial charge in [-0.25, -0.2) is 13.2 Å². The van der Waals surface area contributed by atoms with Crippen LogP contribution in [0, 0.1) is 11.8 Å². The molecule has 0 aromatic heterocycles. The summed E-state index contributed by atoms with van der Waals surface area (Å²) < 4.78 is 26.1. The van der Waals surface area contributed by atoms with E-state index in [-0.39, 0.29) is 40.9 Å². The molecule has 0 saturated heterocycles. The Labute approximate surface area is 189 Å². The van der Waals surface area contributed by atoms with E-state index >= 15 is 0 Å². The Hall–Kier alpha value is -2.42. The van der Waals surface area contributed by atoms with Gasteiger partial charge in [0.05, 0.1) is 17.0 Å². The number of hydrogen-bond acceptors (Lipinski definition) is 5. The highest BCUT2D eigenvalue weighted by Crippen LogP contribution is 2.48. The highest BCUT2D eigenvalue weighted by atomic mass is 32.2. The van der Waals surface area contributed by atoms with Crippen LogP contribution >= 0.6 is 0 Å². The molecule has 176 valence electrons. The third-order valence-corrected chi connectivity index (χ3v) is 8.30. The highest BCUT2D eigenvalue weighted by Gasteiger charge is 2.44. The third kappa shape index (κ3) is 5.31. The molecule has 1 aromatic carbocycles. The van der Waals surface area contributed by atoms with Crippen molar-refractivity contribution >= 4 is 27.8 Å². The first kappa shape index (κ1) is 24.2. The molecule has 3 rings (SSSR count). The van der Waals surface area contributed by atoms with E-state index in [1.54, 1.807) is 12.1 Å². The van der Waals surface area contributed by atoms with Gasteiger partial charge in [0.1, 0.15) is 0 Å². The van der Waals surface area contributed by atoms with Crippen molar-refractivity contribution in [2.24, 2.45) is 11.8 Å². The van der Waals surface area contributed by atoms with Gasteiger partial charge in [0.25, 0.3) is 10.0 Å². The van der Waals surface area contributed by atoms with Crippen molar-refractivity contribution < 1.29 is 27.9 Å². The zero-order valence-electron chi connectivity index (χ0n) is 18.8. The van der Waals surface area contributed by atoms with Gasteiger partial charge in [0, 0.05) is 11.8 Å². The van der Waals surface area contributed by atoms with Crippen LogP contribution in [-0.4, -0.2) is 47.7 Å². The van der Waals surface area contributed by atoms with Crippen LogP contribution in [0.15, 0.2) is 29.2 Å². The number of ketones is 1. The normalized spacial score (nSPS) is 21.6. The van der Waals surface area contributed by atoms with Crippen LogP contribution in [0.2, 0.25) is 0 Å². The molecule has 0 radical (unpaired) electrons. The van der Waals surface area contributed by atoms with E-state index in [4.69, 9.17) is 0 Å². The van der Waals surface area contributed by atoms with Gasteiger partial charge in [-0.2, -0.15) is 4.31 Å². The van der Waals surface area contributed by atoms with E-state index in [9.17, 15) is 27.9 Å². The van der Waals surface area contributed by atoms with Crippen molar-refractivity contribution in [3.8, 4) is 0 Å². The summed E-state index contributed by atoms with van der Waals surface area (Å²) in [5, 5.41) is 12.2. The lowest BCUT2D eigenvalue weighted by molar-refractivity contribution is -0.129. The van der Waals surface area contributed by atoms with Gasteiger partial charge in [-0.05, 0) is 63.6 Å². The number of nitrogens with one attached hydrogen (secondary N) is 1. The first-order valence-electron chi connectivity index (χ1n) is 11.1. The first-order valence-corrected chi connectivity index (χ1v) is 12.6. The van der Waals surface area contributed by atoms with Crippen molar-refractivity contribution in [1.82, 2.24) is 9.62 Å². The molecule has 32 heavy (non-hydrogen) atoms. The van der Waals surface area contributed by atoms with Crippen LogP contribution in [0.4, 0.5) is 4.79 Å². The average molecular weight is 465 g/mol. The van der Waals surface area contributed by atoms with E-state index < -0.39 is 21.7 Å². The minimum Gasteiger partial charge on any atom is -0.464 e. The maximum absolute atomic E-state index is 12.8. The Morgan fingerprint density at radius 3 is 2.19 bits per heavy atom. The molecule has 2 amide bonds. The van der Waals surface area contributed by atoms with Gasteiger partial charge in [-0.1, -0.05) is 31.4 Å². The van der Waals surface area contributed by atoms with Crippen molar-refractivity contribution in [2.45, 2.75) is 75.6 Å². The molecule has 1 aromatic rings. The summed E-state index contributed by atoms with van der Waals surface area (Å²) in [4.78, 5) is 36.2. The SMILES string of the molecule is CC(C)(C)N(C(=O)O)S(=O)(=O)c1ccc([C@@H]2C[C@H]2C(=O)CNC(=O)C2CCCCC2)cc1. The van der Waals surface area contributed by atoms with Gasteiger partial charge in [0.15, 0.2) is 5.78 Å². The Bertz CT molecular complexity index is 975. The molecular formula is C23H32N2O6S. The summed E-state index contributed by atoms with van der Waals surface area (Å²) in [7, 11) is -4.22. The Morgan fingerprint density at radius 1 is 1.06 bits per heavy atom. The number of rotatable bonds is 7. The molecule has 0 aliphatic heterocycles. The standard InChI is InChI=1S/C23H32N2O6S/c1-23(2,3)25(22(28)29)32(30,31)17-11-9-15(10-12-17)18-13-19(18)20(26)14-24-21(27)16-7-5-4-6-8-16/h9-12,16,18-19H,4-8,13-14H2,1-3H3,(H,24,27)(H,28,29)/t18-,19+/m0/s1. The minimum absolute atomic E-state index is 0.0102. The number of Topliss-reactive ketones (excluding diaryl/α,β-unsaturated/α-hetero) is 1. The van der Waals surface area contributed by atoms with Crippen LogP contribution in [0.5, 0.6) is 0 Å². The van der Waals surface area contributed by atoms with Crippen molar-refractivity contribution in [3.05, 3.63) is 29.8 Å². The molecule has 0 bridgehead atoms. The Kier molecular flexibility index (Phi) is 6.97. The number of carbonyl (C=O) groups is 3. The molecule has 0 unspecified atom stereocenters. The lowest BCUT2D eigenvalue weighted by Crippen LogP contribution is -2.48. The molecule has 2 fully saturated rings. The number of benzene rings is 1. The van der Waals surface area contributed by atoms with Crippen LogP contribution in [-0.2, 0) is 19.6 Å². The molecule has 0 spiro atoms. The second kappa shape index (κ2) is 9.21. The fraction of sp³-hybridized carbons (Fsp3) is 0.609. The van der Waals surface area contributed by atoms with Crippen molar-refractivity contribution in [1.29, 1.82) is 0 Å². The highest BCUT2D eigenvalue weighted by molar-refractivity contribution is 7.89. The summed E-state index contributed by atoms with van der Waals surface area (Å²) in [6.07, 6.45) is 4.17. The molecule has 2 saturated carbocycles. The summed E-state index contributed by atoms with van der Waals surface area (Å²) in [6, 6.07) is 6.04. The van der Waals surface area contributed by atoms with Crippen LogP contribution < -0.4 is 5.32 Å². The van der Waals surface area contributed by atoms with E-state index in [1.807, 2.05) is 0 Å². The summed E-state index contributed by atoms with van der Waals surface area (Å²) in [5.74, 6) is -0.231. The molecule has 2 N–H and O–H groups in total. The third-order valence-electron chi connectivity index (χ3n) is 6.25. The average Bonchev–Trinajstić information content (AvgIpc) is 3.52. The predicted octanol–water partition coefficient (Wildman–Crippen LogP) is 3.52. The maximum atomic E-state index is 12.8. The van der Waals surface area contributed by atoms with Crippen LogP contribution in [0.25, 0.3) is 0 Å². The number of hydrogen-bond donors (Lipinski definition) is 2. The van der Waals surface area contributed by atoms with Gasteiger partial charge >= 0.3 is 6.09 Å².